The minimum Gasteiger partial charge on any atom is -0.347 e. The third kappa shape index (κ3) is 3.69. The summed E-state index contributed by atoms with van der Waals surface area (Å²) < 4.78 is 0.633. The molecule has 0 aliphatic rings. The van der Waals surface area contributed by atoms with E-state index < -0.39 is 10.8 Å². The van der Waals surface area contributed by atoms with Gasteiger partial charge in [0, 0.05) is 16.5 Å². The van der Waals surface area contributed by atoms with Crippen LogP contribution in [0.25, 0.3) is 0 Å². The lowest BCUT2D eigenvalue weighted by molar-refractivity contribution is -0.384. The fourth-order valence-electron chi connectivity index (χ4n) is 1.66. The molecule has 1 heterocycles. The third-order valence-electron chi connectivity index (χ3n) is 2.66. The Morgan fingerprint density at radius 3 is 2.71 bits per heavy atom. The number of carbonyl (C=O) groups is 1. The van der Waals surface area contributed by atoms with Crippen LogP contribution in [0.3, 0.4) is 0 Å². The number of nitrogens with zero attached hydrogens (tertiary/aromatic N) is 1. The number of rotatable bonds is 5. The van der Waals surface area contributed by atoms with Gasteiger partial charge in [0.1, 0.15) is 5.69 Å². The summed E-state index contributed by atoms with van der Waals surface area (Å²) in [5.41, 5.74) is 2.28. The lowest BCUT2D eigenvalue weighted by atomic mass is 10.1. The number of hydrogen-bond acceptors (Lipinski definition) is 6. The predicted molar refractivity (Wildman–Crippen MR) is 81.4 cm³/mol. The summed E-state index contributed by atoms with van der Waals surface area (Å²) in [5, 5.41) is 13.6. The zero-order valence-corrected chi connectivity index (χ0v) is 12.2. The molecule has 110 valence electrons. The minimum atomic E-state index is -0.606. The largest absolute Gasteiger partial charge is 0.347 e. The fraction of sp³-hybridized carbons (Fsp3) is 0.0833. The Bertz CT molecular complexity index is 689. The molecule has 2 rings (SSSR count). The summed E-state index contributed by atoms with van der Waals surface area (Å²) in [5.74, 6) is 4.77. The monoisotopic (exact) mass is 326 g/mol. The number of nitro groups is 1. The van der Waals surface area contributed by atoms with E-state index in [0.29, 0.717) is 10.9 Å². The van der Waals surface area contributed by atoms with Gasteiger partial charge in [0.15, 0.2) is 0 Å². The molecule has 1 amide bonds. The summed E-state index contributed by atoms with van der Waals surface area (Å²) >= 11 is 7.15. The van der Waals surface area contributed by atoms with Crippen LogP contribution in [0.2, 0.25) is 4.34 Å². The molecule has 7 nitrogen and oxygen atoms in total. The quantitative estimate of drug-likeness (QED) is 0.444. The normalized spacial score (nSPS) is 10.2. The van der Waals surface area contributed by atoms with E-state index in [4.69, 9.17) is 17.4 Å². The molecule has 0 fully saturated rings. The number of halogens is 1. The summed E-state index contributed by atoms with van der Waals surface area (Å²) in [7, 11) is 0. The first-order chi connectivity index (χ1) is 10.0. The molecular weight excluding hydrogens is 316 g/mol. The number of nitrogens with one attached hydrogen (secondary N) is 2. The Hall–Kier alpha value is -2.16. The molecule has 1 aromatic carbocycles. The molecule has 0 bridgehead atoms. The summed E-state index contributed by atoms with van der Waals surface area (Å²) in [4.78, 5) is 23.2. The molecule has 0 aliphatic carbocycles. The van der Waals surface area contributed by atoms with E-state index in [-0.39, 0.29) is 16.9 Å². The van der Waals surface area contributed by atoms with Gasteiger partial charge in [-0.15, -0.1) is 11.3 Å². The summed E-state index contributed by atoms with van der Waals surface area (Å²) in [6, 6.07) is 7.55. The van der Waals surface area contributed by atoms with Crippen molar-refractivity contribution < 1.29 is 9.72 Å². The van der Waals surface area contributed by atoms with E-state index >= 15 is 0 Å². The molecule has 4 N–H and O–H groups in total. The standard InChI is InChI=1S/C12H11ClN4O3S/c13-11-4-2-8(21-11)6-15-12(18)7-1-3-9(16-14)10(5-7)17(19)20/h1-5,16H,6,14H2,(H,15,18). The van der Waals surface area contributed by atoms with Gasteiger partial charge in [-0.05, 0) is 24.3 Å². The van der Waals surface area contributed by atoms with Crippen molar-refractivity contribution in [3.63, 3.8) is 0 Å². The average molecular weight is 327 g/mol. The Labute approximate surface area is 128 Å². The smallest absolute Gasteiger partial charge is 0.294 e. The summed E-state index contributed by atoms with van der Waals surface area (Å²) in [6.45, 7) is 0.306. The number of hydrazine groups is 1. The van der Waals surface area contributed by atoms with E-state index in [1.165, 1.54) is 29.5 Å². The first-order valence-electron chi connectivity index (χ1n) is 5.78. The highest BCUT2D eigenvalue weighted by Crippen LogP contribution is 2.25. The molecule has 21 heavy (non-hydrogen) atoms. The fourth-order valence-corrected chi connectivity index (χ4v) is 2.69. The predicted octanol–water partition coefficient (Wildman–Crippen LogP) is 2.53. The van der Waals surface area contributed by atoms with E-state index in [0.717, 1.165) is 4.88 Å². The molecule has 0 saturated carbocycles. The maximum absolute atomic E-state index is 12.0. The van der Waals surface area contributed by atoms with E-state index in [1.807, 2.05) is 0 Å². The number of anilines is 1. The van der Waals surface area contributed by atoms with Crippen LogP contribution < -0.4 is 16.6 Å². The Kier molecular flexibility index (Phi) is 4.73. The number of nitro benzene ring substituents is 1. The first-order valence-corrected chi connectivity index (χ1v) is 6.98. The number of nitrogen functional groups attached to an aromatic ring is 1. The maximum Gasteiger partial charge on any atom is 0.294 e. The summed E-state index contributed by atoms with van der Waals surface area (Å²) in [6.07, 6.45) is 0. The van der Waals surface area contributed by atoms with Crippen molar-refractivity contribution in [1.29, 1.82) is 0 Å². The van der Waals surface area contributed by atoms with Crippen molar-refractivity contribution in [2.75, 3.05) is 5.43 Å². The molecule has 0 saturated heterocycles. The van der Waals surface area contributed by atoms with Crippen molar-refractivity contribution in [3.8, 4) is 0 Å². The average Bonchev–Trinajstić information content (AvgIpc) is 2.89. The van der Waals surface area contributed by atoms with Crippen LogP contribution in [0, 0.1) is 10.1 Å². The van der Waals surface area contributed by atoms with Crippen molar-refractivity contribution in [3.05, 3.63) is 55.2 Å². The molecule has 9 heteroatoms. The van der Waals surface area contributed by atoms with Crippen molar-refractivity contribution in [1.82, 2.24) is 5.32 Å². The second-order valence-electron chi connectivity index (χ2n) is 4.02. The third-order valence-corrected chi connectivity index (χ3v) is 3.90. The van der Waals surface area contributed by atoms with Gasteiger partial charge in [0.25, 0.3) is 11.6 Å². The molecule has 2 aromatic rings. The topological polar surface area (TPSA) is 110 Å². The van der Waals surface area contributed by atoms with Gasteiger partial charge in [-0.1, -0.05) is 11.6 Å². The van der Waals surface area contributed by atoms with Gasteiger partial charge in [-0.25, -0.2) is 0 Å². The molecule has 0 unspecified atom stereocenters. The highest BCUT2D eigenvalue weighted by molar-refractivity contribution is 7.16. The van der Waals surface area contributed by atoms with Crippen molar-refractivity contribution in [2.24, 2.45) is 5.84 Å². The molecule has 0 spiro atoms. The molecule has 0 aliphatic heterocycles. The van der Waals surface area contributed by atoms with Crippen LogP contribution in [-0.2, 0) is 6.54 Å². The van der Waals surface area contributed by atoms with Crippen LogP contribution in [-0.4, -0.2) is 10.8 Å². The zero-order valence-electron chi connectivity index (χ0n) is 10.6. The van der Waals surface area contributed by atoms with Crippen LogP contribution in [0.1, 0.15) is 15.2 Å². The van der Waals surface area contributed by atoms with Crippen LogP contribution in [0.15, 0.2) is 30.3 Å². The zero-order chi connectivity index (χ0) is 15.4. The number of carbonyl (C=O) groups excluding carboxylic acids is 1. The molecular formula is C12H11ClN4O3S. The lowest BCUT2D eigenvalue weighted by Gasteiger charge is -2.06. The number of benzene rings is 1. The van der Waals surface area contributed by atoms with Gasteiger partial charge >= 0.3 is 0 Å². The Morgan fingerprint density at radius 1 is 1.38 bits per heavy atom. The van der Waals surface area contributed by atoms with Gasteiger partial charge < -0.3 is 10.7 Å². The second-order valence-corrected chi connectivity index (χ2v) is 5.82. The van der Waals surface area contributed by atoms with Gasteiger partial charge in [0.2, 0.25) is 0 Å². The van der Waals surface area contributed by atoms with E-state index in [9.17, 15) is 14.9 Å². The Morgan fingerprint density at radius 2 is 2.14 bits per heavy atom. The first kappa shape index (κ1) is 15.2. The maximum atomic E-state index is 12.0. The van der Waals surface area contributed by atoms with Crippen LogP contribution >= 0.6 is 22.9 Å². The van der Waals surface area contributed by atoms with Crippen LogP contribution in [0.4, 0.5) is 11.4 Å². The number of nitrogens with two attached hydrogens (primary N) is 1. The number of amides is 1. The van der Waals surface area contributed by atoms with Gasteiger partial charge in [0.05, 0.1) is 15.8 Å². The number of hydrogen-bond donors (Lipinski definition) is 3. The molecule has 0 radical (unpaired) electrons. The lowest BCUT2D eigenvalue weighted by Crippen LogP contribution is -2.22. The van der Waals surface area contributed by atoms with E-state index in [1.54, 1.807) is 12.1 Å². The molecule has 1 aromatic heterocycles. The van der Waals surface area contributed by atoms with Gasteiger partial charge in [-0.3, -0.25) is 20.8 Å². The van der Waals surface area contributed by atoms with Crippen molar-refractivity contribution >= 4 is 40.2 Å². The van der Waals surface area contributed by atoms with Gasteiger partial charge in [-0.2, -0.15) is 0 Å². The van der Waals surface area contributed by atoms with Crippen molar-refractivity contribution in [2.45, 2.75) is 6.54 Å². The van der Waals surface area contributed by atoms with Crippen LogP contribution in [0.5, 0.6) is 0 Å². The number of thiophene rings is 1. The second kappa shape index (κ2) is 6.53. The molecule has 0 atom stereocenters. The SMILES string of the molecule is NNc1ccc(C(=O)NCc2ccc(Cl)s2)cc1[N+](=O)[O-]. The highest BCUT2D eigenvalue weighted by Gasteiger charge is 2.17. The highest BCUT2D eigenvalue weighted by atomic mass is 35.5. The Balaban J connectivity index is 2.12. The minimum absolute atomic E-state index is 0.140. The van der Waals surface area contributed by atoms with E-state index in [2.05, 4.69) is 10.7 Å².